The molecule has 20 heteroatoms. The molecule has 1 amide bonds. The number of hydrogen-bond acceptors (Lipinski definition) is 15. The number of carbonyl (C=O) groups is 3. The molecule has 2 aliphatic heterocycles. The number of amides is 1. The molecule has 0 bridgehead atoms. The van der Waals surface area contributed by atoms with Gasteiger partial charge in [-0.05, 0) is 100 Å². The molecule has 3 N–H and O–H groups in total. The van der Waals surface area contributed by atoms with Crippen molar-refractivity contribution in [2.24, 2.45) is 0 Å². The quantitative estimate of drug-likeness (QED) is 0.0905. The van der Waals surface area contributed by atoms with Gasteiger partial charge < -0.3 is 29.8 Å². The number of likely N-dealkylation sites (N-methyl/N-ethyl adjacent to an activating group) is 1. The molecule has 0 aliphatic carbocycles. The van der Waals surface area contributed by atoms with E-state index in [1.807, 2.05) is 44.0 Å². The number of nitrogens with one attached hydrogen (secondary N) is 3. The summed E-state index contributed by atoms with van der Waals surface area (Å²) in [5, 5.41) is 16.6. The lowest BCUT2D eigenvalue weighted by molar-refractivity contribution is -0.121. The average Bonchev–Trinajstić information content (AvgIpc) is 3.99. The number of hydrogen-bond donors (Lipinski definition) is 3. The van der Waals surface area contributed by atoms with Gasteiger partial charge in [0.1, 0.15) is 42.3 Å². The van der Waals surface area contributed by atoms with Gasteiger partial charge in [-0.15, -0.1) is 5.10 Å². The van der Waals surface area contributed by atoms with Crippen molar-refractivity contribution in [1.29, 1.82) is 0 Å². The van der Waals surface area contributed by atoms with Crippen molar-refractivity contribution >= 4 is 51.3 Å². The van der Waals surface area contributed by atoms with Gasteiger partial charge in [0.15, 0.2) is 5.75 Å². The van der Waals surface area contributed by atoms with Crippen molar-refractivity contribution in [2.45, 2.75) is 80.2 Å². The van der Waals surface area contributed by atoms with Gasteiger partial charge in [0.05, 0.1) is 33.8 Å². The molecule has 0 spiro atoms. The Hall–Kier alpha value is -6.77. The molecule has 0 radical (unpaired) electrons. The molecule has 66 heavy (non-hydrogen) atoms. The highest BCUT2D eigenvalue weighted by Crippen LogP contribution is 2.34. The van der Waals surface area contributed by atoms with Gasteiger partial charge in [-0.25, -0.2) is 17.8 Å². The van der Waals surface area contributed by atoms with Crippen LogP contribution >= 0.6 is 0 Å². The number of sulfone groups is 1. The molecule has 346 valence electrons. The second-order valence-electron chi connectivity index (χ2n) is 16.8. The minimum atomic E-state index is -4.12. The summed E-state index contributed by atoms with van der Waals surface area (Å²) in [5.41, 5.74) is 3.90. The summed E-state index contributed by atoms with van der Waals surface area (Å²) in [6.07, 6.45) is 8.56. The van der Waals surface area contributed by atoms with Crippen molar-refractivity contribution in [1.82, 2.24) is 44.9 Å². The molecule has 1 atom stereocenters. The summed E-state index contributed by atoms with van der Waals surface area (Å²) < 4.78 is 56.9. The van der Waals surface area contributed by atoms with Crippen LogP contribution in [0.25, 0.3) is 16.9 Å². The van der Waals surface area contributed by atoms with E-state index in [1.165, 1.54) is 35.1 Å². The standard InChI is InChI=1S/C46H52FN11O7S/c1-29(2)64-44-43(32-21-50-51-22-32)49-28-58-45(44)53-46(54-58)52-41-12-11-39(20-40(41)47)66(62,63)38-7-5-6-36(19-38)65-37-24-57(25-37)33-14-16-56(17-15-33)34-9-8-30(26-59)31(18-34)23-55(4)35(27-60)10-13-42(61)48-3/h5-9,11-12,18-22,26-29,33,35,37H,10,13-17,23-25H2,1-4H3,(H,48,61)(H,50,51)(H,52,54). The first-order chi connectivity index (χ1) is 31.8. The summed E-state index contributed by atoms with van der Waals surface area (Å²) in [6, 6.07) is 15.6. The third-order valence-electron chi connectivity index (χ3n) is 12.0. The lowest BCUT2D eigenvalue weighted by atomic mass is 9.97. The summed E-state index contributed by atoms with van der Waals surface area (Å²) in [7, 11) is -0.735. The molecule has 5 heterocycles. The topological polar surface area (TPSA) is 209 Å². The second-order valence-corrected chi connectivity index (χ2v) is 18.7. The highest BCUT2D eigenvalue weighted by Gasteiger charge is 2.36. The number of aromatic nitrogens is 6. The summed E-state index contributed by atoms with van der Waals surface area (Å²) in [5.74, 6) is -0.118. The van der Waals surface area contributed by atoms with Crippen LogP contribution in [0.3, 0.4) is 0 Å². The number of anilines is 3. The molecular weight excluding hydrogens is 870 g/mol. The van der Waals surface area contributed by atoms with Crippen molar-refractivity contribution < 1.29 is 36.7 Å². The molecule has 2 saturated heterocycles. The maximum atomic E-state index is 15.6. The van der Waals surface area contributed by atoms with Crippen LogP contribution in [-0.4, -0.2) is 131 Å². The Balaban J connectivity index is 0.850. The van der Waals surface area contributed by atoms with Gasteiger partial charge in [0, 0.05) is 75.2 Å². The first-order valence-electron chi connectivity index (χ1n) is 21.8. The smallest absolute Gasteiger partial charge is 0.247 e. The number of benzene rings is 3. The van der Waals surface area contributed by atoms with Gasteiger partial charge in [0.2, 0.25) is 27.3 Å². The highest BCUT2D eigenvalue weighted by atomic mass is 32.2. The van der Waals surface area contributed by atoms with Crippen LogP contribution in [0.5, 0.6) is 11.5 Å². The number of halogens is 1. The molecule has 6 aromatic rings. The number of piperidine rings is 1. The largest absolute Gasteiger partial charge is 0.488 e. The lowest BCUT2D eigenvalue weighted by Gasteiger charge is -2.47. The predicted octanol–water partition coefficient (Wildman–Crippen LogP) is 5.09. The van der Waals surface area contributed by atoms with Crippen LogP contribution in [0, 0.1) is 5.82 Å². The van der Waals surface area contributed by atoms with E-state index in [0.717, 1.165) is 55.8 Å². The minimum absolute atomic E-state index is 0.0233. The third-order valence-corrected chi connectivity index (χ3v) is 13.7. The maximum Gasteiger partial charge on any atom is 0.247 e. The lowest BCUT2D eigenvalue weighted by Crippen LogP contribution is -2.59. The monoisotopic (exact) mass is 921 g/mol. The van der Waals surface area contributed by atoms with Crippen LogP contribution in [-0.2, 0) is 26.0 Å². The van der Waals surface area contributed by atoms with E-state index in [0.29, 0.717) is 66.1 Å². The molecular formula is C46H52FN11O7S. The Morgan fingerprint density at radius 2 is 1.85 bits per heavy atom. The zero-order valence-corrected chi connectivity index (χ0v) is 37.9. The van der Waals surface area contributed by atoms with Crippen molar-refractivity contribution in [3.05, 3.63) is 96.3 Å². The minimum Gasteiger partial charge on any atom is -0.488 e. The molecule has 18 nitrogen and oxygen atoms in total. The van der Waals surface area contributed by atoms with Gasteiger partial charge in [-0.2, -0.15) is 14.6 Å². The Morgan fingerprint density at radius 3 is 2.55 bits per heavy atom. The van der Waals surface area contributed by atoms with Gasteiger partial charge >= 0.3 is 0 Å². The van der Waals surface area contributed by atoms with E-state index in [4.69, 9.17) is 9.47 Å². The number of carbonyl (C=O) groups excluding carboxylic acids is 3. The average molecular weight is 922 g/mol. The maximum absolute atomic E-state index is 15.6. The number of nitrogens with zero attached hydrogens (tertiary/aromatic N) is 8. The number of H-pyrrole nitrogens is 1. The zero-order chi connectivity index (χ0) is 46.5. The first kappa shape index (κ1) is 45.8. The molecule has 3 aromatic carbocycles. The van der Waals surface area contributed by atoms with Crippen molar-refractivity contribution in [3.63, 3.8) is 0 Å². The third kappa shape index (κ3) is 10.0. The molecule has 2 aliphatic rings. The number of aldehydes is 2. The van der Waals surface area contributed by atoms with E-state index in [9.17, 15) is 22.8 Å². The normalized spacial score (nSPS) is 15.5. The Labute approximate surface area is 381 Å². The number of likely N-dealkylation sites (tertiary alicyclic amines) is 1. The molecule has 2 fully saturated rings. The Bertz CT molecular complexity index is 2810. The van der Waals surface area contributed by atoms with E-state index < -0.39 is 21.7 Å². The fourth-order valence-electron chi connectivity index (χ4n) is 8.30. The fraction of sp³-hybridized carbons (Fsp3) is 0.370. The van der Waals surface area contributed by atoms with Gasteiger partial charge in [-0.3, -0.25) is 24.5 Å². The van der Waals surface area contributed by atoms with Gasteiger partial charge in [-0.1, -0.05) is 6.07 Å². The zero-order valence-electron chi connectivity index (χ0n) is 37.1. The molecule has 3 aromatic heterocycles. The van der Waals surface area contributed by atoms with E-state index in [-0.39, 0.29) is 46.0 Å². The van der Waals surface area contributed by atoms with Crippen molar-refractivity contribution in [2.75, 3.05) is 50.5 Å². The Kier molecular flexibility index (Phi) is 13.7. The SMILES string of the molecule is CNC(=O)CCC(C=O)N(C)Cc1cc(N2CCC(N3CC(Oc4cccc(S(=O)(=O)c5ccc(Nc6nc7c(OC(C)C)c(-c8cn[nH]c8)ncn7n6)c(F)c5)c4)C3)CC2)ccc1C=O. The predicted molar refractivity (Wildman–Crippen MR) is 243 cm³/mol. The number of fused-ring (bicyclic) bond motifs is 1. The number of ether oxygens (including phenoxy) is 2. The fourth-order valence-corrected chi connectivity index (χ4v) is 9.61. The van der Waals surface area contributed by atoms with Gasteiger partial charge in [0.25, 0.3) is 0 Å². The molecule has 8 rings (SSSR count). The van der Waals surface area contributed by atoms with Crippen LogP contribution < -0.4 is 25.0 Å². The van der Waals surface area contributed by atoms with Crippen molar-refractivity contribution in [3.8, 4) is 22.8 Å². The summed E-state index contributed by atoms with van der Waals surface area (Å²) >= 11 is 0. The molecule has 0 saturated carbocycles. The molecule has 1 unspecified atom stereocenters. The number of rotatable bonds is 19. The van der Waals surface area contributed by atoms with E-state index in [1.54, 1.807) is 31.6 Å². The summed E-state index contributed by atoms with van der Waals surface area (Å²) in [6.45, 7) is 7.15. The first-order valence-corrected chi connectivity index (χ1v) is 23.2. The van der Waals surface area contributed by atoms with E-state index in [2.05, 4.69) is 45.7 Å². The number of aromatic amines is 1. The Morgan fingerprint density at radius 1 is 1.06 bits per heavy atom. The van der Waals surface area contributed by atoms with Crippen LogP contribution in [0.1, 0.15) is 55.5 Å². The van der Waals surface area contributed by atoms with Crippen LogP contribution in [0.2, 0.25) is 0 Å². The highest BCUT2D eigenvalue weighted by molar-refractivity contribution is 7.91. The second kappa shape index (κ2) is 19.8. The van der Waals surface area contributed by atoms with Crippen LogP contribution in [0.4, 0.5) is 21.7 Å². The van der Waals surface area contributed by atoms with Crippen LogP contribution in [0.15, 0.2) is 89.2 Å². The van der Waals surface area contributed by atoms with E-state index >= 15 is 4.39 Å². The summed E-state index contributed by atoms with van der Waals surface area (Å²) in [4.78, 5) is 50.8.